The second kappa shape index (κ2) is 5.21. The first-order chi connectivity index (χ1) is 6.22. The highest BCUT2D eigenvalue weighted by atomic mass is 14.7. The summed E-state index contributed by atoms with van der Waals surface area (Å²) in [6.07, 6.45) is 8.58. The fraction of sp³-hybridized carbons (Fsp3) is 0.750. The van der Waals surface area contributed by atoms with Crippen molar-refractivity contribution in [2.24, 2.45) is 10.9 Å². The van der Waals surface area contributed by atoms with Gasteiger partial charge in [-0.15, -0.1) is 0 Å². The third kappa shape index (κ3) is 3.75. The normalized spacial score (nSPS) is 25.3. The fourth-order valence-electron chi connectivity index (χ4n) is 1.79. The highest BCUT2D eigenvalue weighted by molar-refractivity contribution is 5.82. The van der Waals surface area contributed by atoms with Crippen molar-refractivity contribution in [2.75, 3.05) is 0 Å². The van der Waals surface area contributed by atoms with E-state index < -0.39 is 0 Å². The summed E-state index contributed by atoms with van der Waals surface area (Å²) in [5, 5.41) is 0. The van der Waals surface area contributed by atoms with Gasteiger partial charge in [0.25, 0.3) is 0 Å². The lowest BCUT2D eigenvalue weighted by molar-refractivity contribution is 0.588. The Morgan fingerprint density at radius 1 is 1.46 bits per heavy atom. The lowest BCUT2D eigenvalue weighted by atomic mass is 10.0. The topological polar surface area (TPSA) is 12.4 Å². The summed E-state index contributed by atoms with van der Waals surface area (Å²) in [5.74, 6) is 0.713. The second-order valence-electron chi connectivity index (χ2n) is 4.08. The van der Waals surface area contributed by atoms with Crippen molar-refractivity contribution in [3.63, 3.8) is 0 Å². The quantitative estimate of drug-likeness (QED) is 0.578. The minimum absolute atomic E-state index is 0.713. The smallest absolute Gasteiger partial charge is 0.0363 e. The second-order valence-corrected chi connectivity index (χ2v) is 4.08. The highest BCUT2D eigenvalue weighted by Gasteiger charge is 2.04. The van der Waals surface area contributed by atoms with Crippen LogP contribution in [-0.2, 0) is 0 Å². The Morgan fingerprint density at radius 2 is 2.23 bits per heavy atom. The summed E-state index contributed by atoms with van der Waals surface area (Å²) < 4.78 is 0. The summed E-state index contributed by atoms with van der Waals surface area (Å²) in [6.45, 7) is 6.64. The maximum Gasteiger partial charge on any atom is 0.0363 e. The van der Waals surface area contributed by atoms with E-state index in [-0.39, 0.29) is 0 Å². The molecule has 0 aromatic carbocycles. The zero-order valence-electron chi connectivity index (χ0n) is 9.14. The molecule has 0 aromatic rings. The largest absolute Gasteiger partial charge is 0.263 e. The van der Waals surface area contributed by atoms with Crippen molar-refractivity contribution in [3.05, 3.63) is 11.8 Å². The van der Waals surface area contributed by atoms with E-state index in [1.807, 2.05) is 0 Å². The van der Waals surface area contributed by atoms with E-state index in [0.29, 0.717) is 5.92 Å². The number of rotatable bonds is 1. The maximum atomic E-state index is 4.64. The molecule has 0 aromatic heterocycles. The van der Waals surface area contributed by atoms with Crippen LogP contribution < -0.4 is 0 Å². The third-order valence-corrected chi connectivity index (χ3v) is 2.62. The standard InChI is InChI=1S/C12H21N/c1-4-12-9-10(2)7-5-6-8-11(3)13-12/h9-10H,4-8H2,1-3H3. The molecule has 1 nitrogen and oxygen atoms in total. The van der Waals surface area contributed by atoms with Crippen molar-refractivity contribution in [2.45, 2.75) is 52.9 Å². The summed E-state index contributed by atoms with van der Waals surface area (Å²) in [5.41, 5.74) is 2.59. The van der Waals surface area contributed by atoms with Gasteiger partial charge in [-0.05, 0) is 38.5 Å². The van der Waals surface area contributed by atoms with Crippen molar-refractivity contribution >= 4 is 5.71 Å². The van der Waals surface area contributed by atoms with Crippen molar-refractivity contribution in [1.82, 2.24) is 0 Å². The molecular weight excluding hydrogens is 158 g/mol. The Bertz CT molecular complexity index is 213. The van der Waals surface area contributed by atoms with E-state index in [2.05, 4.69) is 31.8 Å². The van der Waals surface area contributed by atoms with Crippen LogP contribution in [0.1, 0.15) is 52.9 Å². The SMILES string of the molecule is CCC1=CC(C)CCCCC(C)=N1. The number of hydrogen-bond acceptors (Lipinski definition) is 1. The molecular formula is C12H21N. The molecule has 0 aliphatic carbocycles. The van der Waals surface area contributed by atoms with E-state index in [9.17, 15) is 0 Å². The molecule has 0 fully saturated rings. The lowest BCUT2D eigenvalue weighted by Gasteiger charge is -2.04. The maximum absolute atomic E-state index is 4.64. The van der Waals surface area contributed by atoms with Crippen LogP contribution >= 0.6 is 0 Å². The molecule has 0 radical (unpaired) electrons. The Balaban J connectivity index is 2.75. The van der Waals surface area contributed by atoms with Gasteiger partial charge in [0.15, 0.2) is 0 Å². The number of hydrogen-bond donors (Lipinski definition) is 0. The molecule has 1 rings (SSSR count). The average Bonchev–Trinajstić information content (AvgIpc) is 2.17. The fourth-order valence-corrected chi connectivity index (χ4v) is 1.79. The van der Waals surface area contributed by atoms with Gasteiger partial charge in [-0.25, -0.2) is 0 Å². The van der Waals surface area contributed by atoms with Crippen LogP contribution in [0, 0.1) is 5.92 Å². The first-order valence-electron chi connectivity index (χ1n) is 5.47. The van der Waals surface area contributed by atoms with Gasteiger partial charge < -0.3 is 0 Å². The van der Waals surface area contributed by atoms with Crippen LogP contribution in [0.3, 0.4) is 0 Å². The van der Waals surface area contributed by atoms with Crippen molar-refractivity contribution in [3.8, 4) is 0 Å². The molecule has 0 N–H and O–H groups in total. The van der Waals surface area contributed by atoms with E-state index in [0.717, 1.165) is 6.42 Å². The monoisotopic (exact) mass is 179 g/mol. The third-order valence-electron chi connectivity index (χ3n) is 2.62. The molecule has 0 bridgehead atoms. The van der Waals surface area contributed by atoms with E-state index in [4.69, 9.17) is 0 Å². The number of allylic oxidation sites excluding steroid dienone is 2. The molecule has 0 saturated carbocycles. The van der Waals surface area contributed by atoms with Gasteiger partial charge >= 0.3 is 0 Å². The molecule has 74 valence electrons. The van der Waals surface area contributed by atoms with Gasteiger partial charge in [0, 0.05) is 11.4 Å². The molecule has 1 heterocycles. The van der Waals surface area contributed by atoms with Crippen LogP contribution in [0.5, 0.6) is 0 Å². The summed E-state index contributed by atoms with van der Waals surface area (Å²) in [6, 6.07) is 0. The Labute approximate surface area is 82.0 Å². The Kier molecular flexibility index (Phi) is 4.20. The first-order valence-corrected chi connectivity index (χ1v) is 5.47. The Hall–Kier alpha value is -0.590. The minimum Gasteiger partial charge on any atom is -0.263 e. The first kappa shape index (κ1) is 10.5. The van der Waals surface area contributed by atoms with Crippen molar-refractivity contribution < 1.29 is 0 Å². The molecule has 1 heteroatoms. The summed E-state index contributed by atoms with van der Waals surface area (Å²) >= 11 is 0. The van der Waals surface area contributed by atoms with E-state index >= 15 is 0 Å². The highest BCUT2D eigenvalue weighted by Crippen LogP contribution is 2.18. The van der Waals surface area contributed by atoms with Crippen LogP contribution in [0.15, 0.2) is 16.8 Å². The molecule has 1 aliphatic rings. The molecule has 0 saturated heterocycles. The molecule has 13 heavy (non-hydrogen) atoms. The molecule has 1 atom stereocenters. The molecule has 0 amide bonds. The molecule has 1 aliphatic heterocycles. The zero-order valence-corrected chi connectivity index (χ0v) is 9.14. The summed E-state index contributed by atoms with van der Waals surface area (Å²) in [7, 11) is 0. The Morgan fingerprint density at radius 3 is 2.92 bits per heavy atom. The van der Waals surface area contributed by atoms with E-state index in [1.165, 1.54) is 37.1 Å². The van der Waals surface area contributed by atoms with E-state index in [1.54, 1.807) is 0 Å². The predicted octanol–water partition coefficient (Wildman–Crippen LogP) is 3.95. The van der Waals surface area contributed by atoms with Crippen LogP contribution in [0.2, 0.25) is 0 Å². The van der Waals surface area contributed by atoms with Gasteiger partial charge in [-0.1, -0.05) is 26.3 Å². The van der Waals surface area contributed by atoms with Crippen LogP contribution in [-0.4, -0.2) is 5.71 Å². The lowest BCUT2D eigenvalue weighted by Crippen LogP contribution is -1.91. The van der Waals surface area contributed by atoms with Gasteiger partial charge in [-0.3, -0.25) is 4.99 Å². The predicted molar refractivity (Wildman–Crippen MR) is 59.1 cm³/mol. The molecule has 1 unspecified atom stereocenters. The minimum atomic E-state index is 0.713. The number of nitrogens with zero attached hydrogens (tertiary/aromatic N) is 1. The summed E-state index contributed by atoms with van der Waals surface area (Å²) in [4.78, 5) is 4.64. The van der Waals surface area contributed by atoms with Crippen molar-refractivity contribution in [1.29, 1.82) is 0 Å². The average molecular weight is 179 g/mol. The van der Waals surface area contributed by atoms with Gasteiger partial charge in [0.05, 0.1) is 0 Å². The van der Waals surface area contributed by atoms with Crippen LogP contribution in [0.25, 0.3) is 0 Å². The molecule has 0 spiro atoms. The van der Waals surface area contributed by atoms with Gasteiger partial charge in [0.1, 0.15) is 0 Å². The van der Waals surface area contributed by atoms with Crippen LogP contribution in [0.4, 0.5) is 0 Å². The van der Waals surface area contributed by atoms with Gasteiger partial charge in [-0.2, -0.15) is 0 Å². The van der Waals surface area contributed by atoms with Gasteiger partial charge in [0.2, 0.25) is 0 Å². The number of aliphatic imine (C=N–C) groups is 1. The zero-order chi connectivity index (χ0) is 9.68.